The summed E-state index contributed by atoms with van der Waals surface area (Å²) in [5.41, 5.74) is 3.64. The number of rotatable bonds is 9. The van der Waals surface area contributed by atoms with E-state index in [1.54, 1.807) is 19.2 Å². The zero-order valence-corrected chi connectivity index (χ0v) is 21.1. The van der Waals surface area contributed by atoms with Gasteiger partial charge in [0, 0.05) is 24.5 Å². The lowest BCUT2D eigenvalue weighted by molar-refractivity contribution is -0.142. The second-order valence-electron chi connectivity index (χ2n) is 8.13. The Morgan fingerprint density at radius 3 is 2.21 bits per heavy atom. The summed E-state index contributed by atoms with van der Waals surface area (Å²) in [5, 5.41) is 2.67. The molecule has 178 valence electrons. The fourth-order valence-corrected chi connectivity index (χ4v) is 3.95. The van der Waals surface area contributed by atoms with Gasteiger partial charge in [0.2, 0.25) is 5.91 Å². The zero-order valence-electron chi connectivity index (χ0n) is 19.5. The molecule has 0 radical (unpaired) electrons. The molecule has 1 N–H and O–H groups in total. The van der Waals surface area contributed by atoms with E-state index >= 15 is 0 Å². The Balaban J connectivity index is 1.88. The van der Waals surface area contributed by atoms with E-state index in [2.05, 4.69) is 21.2 Å². The minimum atomic E-state index is -0.762. The third-order valence-electron chi connectivity index (χ3n) is 5.56. The van der Waals surface area contributed by atoms with Crippen molar-refractivity contribution < 1.29 is 18.7 Å². The molecule has 2 amide bonds. The molecule has 0 fully saturated rings. The van der Waals surface area contributed by atoms with Crippen LogP contribution in [-0.2, 0) is 22.6 Å². The van der Waals surface area contributed by atoms with Gasteiger partial charge in [-0.2, -0.15) is 0 Å². The first-order chi connectivity index (χ1) is 16.3. The highest BCUT2D eigenvalue weighted by molar-refractivity contribution is 9.10. The quantitative estimate of drug-likeness (QED) is 0.428. The normalized spacial score (nSPS) is 11.6. The minimum absolute atomic E-state index is 0.145. The number of hydrogen-bond acceptors (Lipinski definition) is 3. The van der Waals surface area contributed by atoms with Gasteiger partial charge in [0.25, 0.3) is 5.91 Å². The Kier molecular flexibility index (Phi) is 8.82. The Labute approximate surface area is 208 Å². The van der Waals surface area contributed by atoms with Crippen LogP contribution in [0.15, 0.2) is 71.2 Å². The molecule has 7 heteroatoms. The summed E-state index contributed by atoms with van der Waals surface area (Å²) in [4.78, 5) is 27.8. The number of carbonyl (C=O) groups excluding carboxylic acids is 2. The largest absolute Gasteiger partial charge is 0.484 e. The fourth-order valence-electron chi connectivity index (χ4n) is 3.72. The van der Waals surface area contributed by atoms with E-state index in [0.717, 1.165) is 21.2 Å². The van der Waals surface area contributed by atoms with Crippen LogP contribution in [0.25, 0.3) is 0 Å². The monoisotopic (exact) mass is 526 g/mol. The lowest BCUT2D eigenvalue weighted by Gasteiger charge is -2.31. The molecular formula is C27H28BrFN2O3. The average Bonchev–Trinajstić information content (AvgIpc) is 2.84. The number of amides is 2. The summed E-state index contributed by atoms with van der Waals surface area (Å²) in [6, 6.07) is 18.4. The first kappa shape index (κ1) is 25.4. The van der Waals surface area contributed by atoms with Gasteiger partial charge in [-0.15, -0.1) is 0 Å². The second kappa shape index (κ2) is 11.8. The van der Waals surface area contributed by atoms with Gasteiger partial charge in [0.1, 0.15) is 17.6 Å². The van der Waals surface area contributed by atoms with Gasteiger partial charge in [0.05, 0.1) is 0 Å². The number of ether oxygens (including phenoxy) is 1. The van der Waals surface area contributed by atoms with Crippen molar-refractivity contribution in [2.75, 3.05) is 13.7 Å². The Hall–Kier alpha value is -3.19. The van der Waals surface area contributed by atoms with Crippen LogP contribution in [0.5, 0.6) is 5.75 Å². The first-order valence-corrected chi connectivity index (χ1v) is 11.8. The summed E-state index contributed by atoms with van der Waals surface area (Å²) in [5.74, 6) is -0.410. The van der Waals surface area contributed by atoms with Crippen molar-refractivity contribution in [2.45, 2.75) is 32.9 Å². The number of nitrogens with one attached hydrogen (secondary N) is 1. The number of benzene rings is 3. The molecule has 0 heterocycles. The summed E-state index contributed by atoms with van der Waals surface area (Å²) in [7, 11) is 1.55. The van der Waals surface area contributed by atoms with Crippen molar-refractivity contribution in [1.82, 2.24) is 10.2 Å². The fraction of sp³-hybridized carbons (Fsp3) is 0.259. The third-order valence-corrected chi connectivity index (χ3v) is 6.81. The van der Waals surface area contributed by atoms with Gasteiger partial charge in [-0.3, -0.25) is 9.59 Å². The summed E-state index contributed by atoms with van der Waals surface area (Å²) in [6.07, 6.45) is 0.337. The molecule has 5 nitrogen and oxygen atoms in total. The van der Waals surface area contributed by atoms with Crippen LogP contribution < -0.4 is 10.1 Å². The van der Waals surface area contributed by atoms with Gasteiger partial charge in [0.15, 0.2) is 6.61 Å². The predicted octanol–water partition coefficient (Wildman–Crippen LogP) is 4.97. The molecule has 3 rings (SSSR count). The maximum absolute atomic E-state index is 13.4. The Morgan fingerprint density at radius 1 is 1.00 bits per heavy atom. The van der Waals surface area contributed by atoms with Crippen molar-refractivity contribution >= 4 is 27.7 Å². The van der Waals surface area contributed by atoms with Crippen molar-refractivity contribution in [3.05, 3.63) is 99.3 Å². The topological polar surface area (TPSA) is 58.6 Å². The molecule has 1 atom stereocenters. The standard InChI is InChI=1S/C27H28BrFN2O3/c1-18-13-23(14-19(2)26(18)28)34-17-25(32)31(16-21-9-11-22(29)12-10-21)24(27(33)30-3)15-20-7-5-4-6-8-20/h4-14,24H,15-17H2,1-3H3,(H,30,33)/t24-/m1/s1. The maximum atomic E-state index is 13.4. The molecule has 0 unspecified atom stereocenters. The minimum Gasteiger partial charge on any atom is -0.484 e. The van der Waals surface area contributed by atoms with Crippen LogP contribution in [0.3, 0.4) is 0 Å². The highest BCUT2D eigenvalue weighted by atomic mass is 79.9. The van der Waals surface area contributed by atoms with E-state index in [9.17, 15) is 14.0 Å². The highest BCUT2D eigenvalue weighted by Crippen LogP contribution is 2.26. The molecule has 0 aliphatic carbocycles. The second-order valence-corrected chi connectivity index (χ2v) is 8.92. The van der Waals surface area contributed by atoms with Gasteiger partial charge in [-0.25, -0.2) is 4.39 Å². The van der Waals surface area contributed by atoms with Gasteiger partial charge >= 0.3 is 0 Å². The zero-order chi connectivity index (χ0) is 24.7. The smallest absolute Gasteiger partial charge is 0.261 e. The van der Waals surface area contributed by atoms with E-state index in [1.807, 2.05) is 56.3 Å². The van der Waals surface area contributed by atoms with Gasteiger partial charge in [-0.05, 0) is 60.4 Å². The molecule has 3 aromatic carbocycles. The van der Waals surface area contributed by atoms with E-state index in [0.29, 0.717) is 17.7 Å². The molecule has 0 bridgehead atoms. The molecule has 3 aromatic rings. The predicted molar refractivity (Wildman–Crippen MR) is 134 cm³/mol. The Bertz CT molecular complexity index is 1110. The van der Waals surface area contributed by atoms with Crippen molar-refractivity contribution in [1.29, 1.82) is 0 Å². The van der Waals surface area contributed by atoms with Crippen molar-refractivity contribution in [2.24, 2.45) is 0 Å². The number of aryl methyl sites for hydroxylation is 2. The number of hydrogen-bond donors (Lipinski definition) is 1. The van der Waals surface area contributed by atoms with E-state index in [-0.39, 0.29) is 30.8 Å². The number of nitrogens with zero attached hydrogens (tertiary/aromatic N) is 1. The number of halogens is 2. The molecule has 34 heavy (non-hydrogen) atoms. The Morgan fingerprint density at radius 2 is 1.62 bits per heavy atom. The molecular weight excluding hydrogens is 499 g/mol. The number of carbonyl (C=O) groups is 2. The molecule has 0 aliphatic heterocycles. The first-order valence-electron chi connectivity index (χ1n) is 11.0. The van der Waals surface area contributed by atoms with Crippen LogP contribution in [0, 0.1) is 19.7 Å². The molecule has 0 aromatic heterocycles. The molecule has 0 aliphatic rings. The van der Waals surface area contributed by atoms with Crippen molar-refractivity contribution in [3.8, 4) is 5.75 Å². The van der Waals surface area contributed by atoms with E-state index in [1.165, 1.54) is 17.0 Å². The SMILES string of the molecule is CNC(=O)[C@@H](Cc1ccccc1)N(Cc1ccc(F)cc1)C(=O)COc1cc(C)c(Br)c(C)c1. The van der Waals surface area contributed by atoms with Crippen LogP contribution in [-0.4, -0.2) is 36.4 Å². The molecule has 0 saturated carbocycles. The van der Waals surface area contributed by atoms with Crippen LogP contribution in [0.4, 0.5) is 4.39 Å². The summed E-state index contributed by atoms with van der Waals surface area (Å²) in [6.45, 7) is 3.82. The molecule has 0 saturated heterocycles. The lowest BCUT2D eigenvalue weighted by atomic mass is 10.0. The number of likely N-dealkylation sites (N-methyl/N-ethyl adjacent to an activating group) is 1. The summed E-state index contributed by atoms with van der Waals surface area (Å²) >= 11 is 3.53. The average molecular weight is 527 g/mol. The van der Waals surface area contributed by atoms with E-state index < -0.39 is 6.04 Å². The van der Waals surface area contributed by atoms with Crippen molar-refractivity contribution in [3.63, 3.8) is 0 Å². The highest BCUT2D eigenvalue weighted by Gasteiger charge is 2.30. The van der Waals surface area contributed by atoms with Crippen LogP contribution in [0.2, 0.25) is 0 Å². The van der Waals surface area contributed by atoms with Crippen LogP contribution in [0.1, 0.15) is 22.3 Å². The lowest BCUT2D eigenvalue weighted by Crippen LogP contribution is -2.51. The van der Waals surface area contributed by atoms with Gasteiger partial charge < -0.3 is 15.0 Å². The summed E-state index contributed by atoms with van der Waals surface area (Å²) < 4.78 is 20.3. The van der Waals surface area contributed by atoms with Gasteiger partial charge in [-0.1, -0.05) is 58.4 Å². The molecule has 0 spiro atoms. The van der Waals surface area contributed by atoms with E-state index in [4.69, 9.17) is 4.74 Å². The third kappa shape index (κ3) is 6.67. The van der Waals surface area contributed by atoms with Crippen LogP contribution >= 0.6 is 15.9 Å². The maximum Gasteiger partial charge on any atom is 0.261 e.